The number of fused-ring (bicyclic) bond motifs is 2. The van der Waals surface area contributed by atoms with Gasteiger partial charge in [-0.3, -0.25) is 14.4 Å². The van der Waals surface area contributed by atoms with Crippen molar-refractivity contribution in [3.63, 3.8) is 0 Å². The zero-order chi connectivity index (χ0) is 85.3. The highest BCUT2D eigenvalue weighted by molar-refractivity contribution is 9.11. The molecule has 4 fully saturated rings. The van der Waals surface area contributed by atoms with Gasteiger partial charge in [0.15, 0.2) is 0 Å². The standard InChI is InChI=1S/C39H49BrN7O3P.C20H18BrClN3O2P.C19H34N4O.C7H8O3S.C4H10O/c1-6-26-20-34(36(49-3)22-35(26)47-14-12-29(13-15-47)46-18-16-45(2)17-19-46)43-39-41-23-32(40)38(44-39)42-33-11-10-27(21-37(33)51(4,5)48)30-9-7-8-28-24-50-25-31(28)30;1-28(2,26)18-8-12(14-5-3-4-13-10-27-11-15(13)14)6-7-17(18)24-19-16(21)9-23-20(22)25-19;1-4-15-13-17(20)19(24-3)14-18(15)23-7-5-16(6-8-23)22-11-9-21(2)10-12-22;1-6-2-4-7(5-3-6)11(8,9)10;1-2-3-4-5/h7-11,20-23,29H,6,12-19,24-25H2,1-5H3,(H2,41,42,43,44);3-9H,10-11H2,1-2H3,(H,23,24,25);13,16,19H,4-12,14,20H2,1-3H3;2-5H,1H3,(H,8,9,10);5H,2-4H2,1H3. The van der Waals surface area contributed by atoms with Crippen molar-refractivity contribution in [1.82, 2.24) is 44.4 Å². The Balaban J connectivity index is 0.000000171. The first kappa shape index (κ1) is 92.6. The Morgan fingerprint density at radius 3 is 1.58 bits per heavy atom. The first-order valence-electron chi connectivity index (χ1n) is 41.2. The molecule has 4 saturated heterocycles. The molecule has 0 spiro atoms. The van der Waals surface area contributed by atoms with Crippen molar-refractivity contribution in [2.45, 2.75) is 135 Å². The molecule has 6 aromatic carbocycles. The molecule has 7 aliphatic rings. The number of allylic oxidation sites excluding steroid dienone is 2. The lowest BCUT2D eigenvalue weighted by Crippen LogP contribution is -2.52. The van der Waals surface area contributed by atoms with E-state index in [9.17, 15) is 17.5 Å². The van der Waals surface area contributed by atoms with Gasteiger partial charge in [0.05, 0.1) is 64.4 Å². The third kappa shape index (κ3) is 24.6. The van der Waals surface area contributed by atoms with E-state index < -0.39 is 24.4 Å². The molecule has 0 radical (unpaired) electrons. The van der Waals surface area contributed by atoms with Crippen LogP contribution in [-0.2, 0) is 66.3 Å². The lowest BCUT2D eigenvalue weighted by molar-refractivity contribution is 0.0698. The van der Waals surface area contributed by atoms with Crippen molar-refractivity contribution in [3.05, 3.63) is 192 Å². The molecule has 1 unspecified atom stereocenters. The number of benzene rings is 6. The number of nitrogens with two attached hydrogens (primary N) is 1. The van der Waals surface area contributed by atoms with Crippen LogP contribution in [0.2, 0.25) is 5.28 Å². The van der Waals surface area contributed by atoms with Crippen LogP contribution in [-0.4, -0.2) is 221 Å². The van der Waals surface area contributed by atoms with E-state index in [0.717, 1.165) is 131 Å². The molecule has 6 aliphatic heterocycles. The second kappa shape index (κ2) is 42.8. The summed E-state index contributed by atoms with van der Waals surface area (Å²) < 4.78 is 80.5. The molecule has 1 aliphatic carbocycles. The number of aliphatic hydroxyl groups excluding tert-OH is 1. The second-order valence-electron chi connectivity index (χ2n) is 32.1. The zero-order valence-electron chi connectivity index (χ0n) is 70.9. The van der Waals surface area contributed by atoms with Gasteiger partial charge in [-0.15, -0.1) is 0 Å². The number of rotatable bonds is 21. The summed E-state index contributed by atoms with van der Waals surface area (Å²) in [6, 6.07) is 36.3. The number of anilines is 7. The molecule has 0 bridgehead atoms. The molecule has 119 heavy (non-hydrogen) atoms. The third-order valence-corrected chi connectivity index (χ3v) is 28.3. The van der Waals surface area contributed by atoms with Crippen LogP contribution in [0.3, 0.4) is 0 Å². The monoisotopic (exact) mass is 1830 g/mol. The maximum absolute atomic E-state index is 13.7. The smallest absolute Gasteiger partial charge is 0.294 e. The molecule has 30 heteroatoms. The van der Waals surface area contributed by atoms with Gasteiger partial charge in [-0.25, -0.2) is 9.97 Å². The van der Waals surface area contributed by atoms with Crippen LogP contribution in [0.5, 0.6) is 5.75 Å². The Kier molecular flexibility index (Phi) is 33.3. The summed E-state index contributed by atoms with van der Waals surface area (Å²) in [5, 5.41) is 19.8. The number of methoxy groups -OCH3 is 2. The van der Waals surface area contributed by atoms with Gasteiger partial charge in [-0.1, -0.05) is 93.4 Å². The Morgan fingerprint density at radius 2 is 1.13 bits per heavy atom. The van der Waals surface area contributed by atoms with Crippen molar-refractivity contribution in [2.24, 2.45) is 5.73 Å². The van der Waals surface area contributed by atoms with Crippen molar-refractivity contribution >= 4 is 119 Å². The molecule has 1 atom stereocenters. The number of unbranched alkanes of at least 4 members (excludes halogenated alkanes) is 1. The molecule has 24 nitrogen and oxygen atoms in total. The van der Waals surface area contributed by atoms with E-state index >= 15 is 0 Å². The average molecular weight is 1830 g/mol. The highest BCUT2D eigenvalue weighted by atomic mass is 79.9. The Labute approximate surface area is 726 Å². The fourth-order valence-corrected chi connectivity index (χ4v) is 19.6. The van der Waals surface area contributed by atoms with Crippen LogP contribution in [0.4, 0.5) is 40.3 Å². The van der Waals surface area contributed by atoms with Gasteiger partial charge in [0, 0.05) is 157 Å². The normalized spacial score (nSPS) is 17.8. The number of nitrogens with zero attached hydrogens (tertiary/aromatic N) is 10. The van der Waals surface area contributed by atoms with Gasteiger partial charge in [0.2, 0.25) is 11.2 Å². The highest BCUT2D eigenvalue weighted by Crippen LogP contribution is 2.45. The number of likely N-dealkylation sites (N-methyl/N-ethyl adjacent to an activating group) is 2. The van der Waals surface area contributed by atoms with E-state index in [1.54, 1.807) is 65.4 Å². The molecule has 0 saturated carbocycles. The summed E-state index contributed by atoms with van der Waals surface area (Å²) >= 11 is 13.0. The van der Waals surface area contributed by atoms with Crippen LogP contribution in [0.1, 0.15) is 106 Å². The summed E-state index contributed by atoms with van der Waals surface area (Å²) in [6.45, 7) is 32.2. The zero-order valence-corrected chi connectivity index (χ0v) is 77.4. The number of halogens is 3. The van der Waals surface area contributed by atoms with E-state index in [2.05, 4.69) is 182 Å². The number of ether oxygens (including phenoxy) is 4. The number of hydrogen-bond acceptors (Lipinski definition) is 23. The maximum atomic E-state index is 13.7. The molecular formula is C89H119Br2ClN14O10P2S. The Morgan fingerprint density at radius 1 is 0.622 bits per heavy atom. The maximum Gasteiger partial charge on any atom is 0.294 e. The SMILES string of the molecule is CCC1=C(N2CCC(N3CCN(C)CC3)CC2)CC(OC)C(N)=C1.CCCCO.CCc1cc(Nc2ncc(Br)c(Nc3ccc(-c4cccc5c4COC5)cc3P(C)(C)=O)n2)c(OC)cc1N1CCC(N2CCN(C)CC2)CC1.CP(C)(=O)c1cc(-c2cccc3c2COC3)ccc1Nc1nc(Cl)ncc1Br.Cc1ccc(S(=O)(=O)O)cc1. The number of piperazine rings is 2. The number of nitrogens with one attached hydrogen (secondary N) is 3. The van der Waals surface area contributed by atoms with E-state index in [4.69, 9.17) is 50.9 Å². The minimum Gasteiger partial charge on any atom is -0.494 e. The highest BCUT2D eigenvalue weighted by Gasteiger charge is 2.33. The van der Waals surface area contributed by atoms with Gasteiger partial charge >= 0.3 is 0 Å². The van der Waals surface area contributed by atoms with E-state index in [1.807, 2.05) is 43.3 Å². The molecule has 2 aromatic heterocycles. The van der Waals surface area contributed by atoms with E-state index in [1.165, 1.54) is 135 Å². The quantitative estimate of drug-likeness (QED) is 0.0221. The molecule has 8 heterocycles. The number of aromatic nitrogens is 4. The van der Waals surface area contributed by atoms with Gasteiger partial charge in [0.25, 0.3) is 10.1 Å². The fraction of sp³-hybridized carbons (Fsp3) is 0.461. The third-order valence-electron chi connectivity index (χ3n) is 23.0. The minimum absolute atomic E-state index is 0.0469. The Hall–Kier alpha value is -7.14. The average Bonchev–Trinajstić information content (AvgIpc) is 1.78. The molecule has 15 rings (SSSR count). The first-order valence-corrected chi connectivity index (χ1v) is 49.8. The van der Waals surface area contributed by atoms with Gasteiger partial charge < -0.3 is 74.5 Å². The number of hydrogen-bond donors (Lipinski definition) is 6. The summed E-state index contributed by atoms with van der Waals surface area (Å²) in [4.78, 5) is 32.9. The number of piperidine rings is 2. The molecular weight excluding hydrogens is 1710 g/mol. The van der Waals surface area contributed by atoms with Crippen molar-refractivity contribution in [2.75, 3.05) is 161 Å². The number of aliphatic hydroxyl groups is 1. The first-order chi connectivity index (χ1) is 57.0. The van der Waals surface area contributed by atoms with Crippen LogP contribution in [0.25, 0.3) is 22.3 Å². The molecule has 7 N–H and O–H groups in total. The minimum atomic E-state index is -4.02. The van der Waals surface area contributed by atoms with Gasteiger partial charge in [-0.05, 0) is 240 Å². The van der Waals surface area contributed by atoms with Crippen LogP contribution < -0.4 is 41.9 Å². The number of likely N-dealkylation sites (tertiary alicyclic amines) is 1. The predicted octanol–water partition coefficient (Wildman–Crippen LogP) is 16.7. The van der Waals surface area contributed by atoms with Crippen LogP contribution in [0, 0.1) is 6.92 Å². The lowest BCUT2D eigenvalue weighted by Gasteiger charge is -2.44. The lowest BCUT2D eigenvalue weighted by atomic mass is 9.93. The van der Waals surface area contributed by atoms with Crippen LogP contribution in [0.15, 0.2) is 158 Å². The van der Waals surface area contributed by atoms with Gasteiger partial charge in [-0.2, -0.15) is 18.4 Å². The van der Waals surface area contributed by atoms with Crippen molar-refractivity contribution in [3.8, 4) is 28.0 Å². The number of aryl methyl sites for hydroxylation is 2. The van der Waals surface area contributed by atoms with Crippen molar-refractivity contribution in [1.29, 1.82) is 0 Å². The molecule has 8 aromatic rings. The summed E-state index contributed by atoms with van der Waals surface area (Å²) in [6.07, 6.45) is 15.3. The fourth-order valence-electron chi connectivity index (χ4n) is 16.1. The predicted molar refractivity (Wildman–Crippen MR) is 492 cm³/mol. The Bertz CT molecular complexity index is 5070. The topological polar surface area (TPSA) is 279 Å². The van der Waals surface area contributed by atoms with E-state index in [0.29, 0.717) is 65.6 Å². The van der Waals surface area contributed by atoms with Crippen molar-refractivity contribution < 1.29 is 46.2 Å². The largest absolute Gasteiger partial charge is 0.494 e. The molecule has 642 valence electrons. The summed E-state index contributed by atoms with van der Waals surface area (Å²) in [7, 11) is -1.36. The summed E-state index contributed by atoms with van der Waals surface area (Å²) in [5.74, 6) is 2.27. The summed E-state index contributed by atoms with van der Waals surface area (Å²) in [5.41, 5.74) is 24.7. The van der Waals surface area contributed by atoms with Gasteiger partial charge in [0.1, 0.15) is 37.8 Å². The van der Waals surface area contributed by atoms with E-state index in [-0.39, 0.29) is 16.3 Å². The molecule has 0 amide bonds. The van der Waals surface area contributed by atoms with Crippen LogP contribution >= 0.6 is 57.7 Å². The second-order valence-corrected chi connectivity index (χ2v) is 41.9.